The number of benzene rings is 2. The van der Waals surface area contributed by atoms with E-state index in [0.717, 1.165) is 11.1 Å². The molecular formula is C20H24N2O4S. The molecule has 0 aromatic heterocycles. The van der Waals surface area contributed by atoms with Crippen LogP contribution in [0.25, 0.3) is 0 Å². The van der Waals surface area contributed by atoms with Crippen LogP contribution in [0.5, 0.6) is 0 Å². The monoisotopic (exact) mass is 388 g/mol. The average Bonchev–Trinajstić information content (AvgIpc) is 2.69. The van der Waals surface area contributed by atoms with Gasteiger partial charge in [-0.05, 0) is 43.7 Å². The average molecular weight is 388 g/mol. The lowest BCUT2D eigenvalue weighted by atomic mass is 10.1. The van der Waals surface area contributed by atoms with Crippen LogP contribution in [0.2, 0.25) is 0 Å². The molecule has 1 atom stereocenters. The predicted molar refractivity (Wildman–Crippen MR) is 103 cm³/mol. The number of nitrogens with one attached hydrogen (secondary N) is 1. The molecule has 1 N–H and O–H groups in total. The van der Waals surface area contributed by atoms with Gasteiger partial charge in [0.05, 0.1) is 24.2 Å². The molecule has 1 fully saturated rings. The van der Waals surface area contributed by atoms with E-state index < -0.39 is 10.0 Å². The lowest BCUT2D eigenvalue weighted by molar-refractivity contribution is 0.0730. The first-order valence-corrected chi connectivity index (χ1v) is 10.4. The Kier molecular flexibility index (Phi) is 5.94. The van der Waals surface area contributed by atoms with Gasteiger partial charge in [-0.25, -0.2) is 8.42 Å². The summed E-state index contributed by atoms with van der Waals surface area (Å²) in [5.41, 5.74) is 2.60. The number of morpholine rings is 1. The third kappa shape index (κ3) is 4.55. The fourth-order valence-corrected chi connectivity index (χ4v) is 4.34. The number of aryl methyl sites for hydroxylation is 1. The Balaban J connectivity index is 1.69. The summed E-state index contributed by atoms with van der Waals surface area (Å²) < 4.78 is 31.9. The van der Waals surface area contributed by atoms with Gasteiger partial charge in [0.2, 0.25) is 10.0 Å². The summed E-state index contributed by atoms with van der Waals surface area (Å²) in [6.45, 7) is 5.42. The lowest BCUT2D eigenvalue weighted by Gasteiger charge is -2.26. The second-order valence-corrected chi connectivity index (χ2v) is 8.58. The number of ether oxygens (including phenoxy) is 1. The summed E-state index contributed by atoms with van der Waals surface area (Å²) in [4.78, 5) is 12.7. The Morgan fingerprint density at radius 2 is 1.63 bits per heavy atom. The third-order valence-electron chi connectivity index (χ3n) is 4.65. The first-order valence-electron chi connectivity index (χ1n) is 8.93. The van der Waals surface area contributed by atoms with Gasteiger partial charge in [-0.2, -0.15) is 4.31 Å². The quantitative estimate of drug-likeness (QED) is 0.854. The molecule has 144 valence electrons. The van der Waals surface area contributed by atoms with E-state index in [9.17, 15) is 13.2 Å². The van der Waals surface area contributed by atoms with Gasteiger partial charge in [0.15, 0.2) is 0 Å². The van der Waals surface area contributed by atoms with Crippen LogP contribution in [0.4, 0.5) is 0 Å². The fourth-order valence-electron chi connectivity index (χ4n) is 2.93. The Bertz CT molecular complexity index is 887. The van der Waals surface area contributed by atoms with Crippen LogP contribution >= 0.6 is 0 Å². The highest BCUT2D eigenvalue weighted by molar-refractivity contribution is 7.89. The van der Waals surface area contributed by atoms with Crippen molar-refractivity contribution in [2.45, 2.75) is 24.8 Å². The topological polar surface area (TPSA) is 75.7 Å². The van der Waals surface area contributed by atoms with Gasteiger partial charge in [0, 0.05) is 18.7 Å². The predicted octanol–water partition coefficient (Wildman–Crippen LogP) is 2.51. The van der Waals surface area contributed by atoms with Crippen LogP contribution in [0.1, 0.15) is 34.5 Å². The number of sulfonamides is 1. The van der Waals surface area contributed by atoms with Gasteiger partial charge in [-0.15, -0.1) is 0 Å². The molecule has 6 nitrogen and oxygen atoms in total. The van der Waals surface area contributed by atoms with Gasteiger partial charge in [-0.3, -0.25) is 4.79 Å². The first-order chi connectivity index (χ1) is 12.9. The van der Waals surface area contributed by atoms with Crippen molar-refractivity contribution in [3.63, 3.8) is 0 Å². The van der Waals surface area contributed by atoms with Crippen LogP contribution in [0, 0.1) is 6.92 Å². The zero-order chi connectivity index (χ0) is 19.4. The molecule has 1 saturated heterocycles. The Hall–Kier alpha value is -2.22. The highest BCUT2D eigenvalue weighted by Gasteiger charge is 2.26. The molecule has 1 aliphatic heterocycles. The molecule has 0 spiro atoms. The maximum absolute atomic E-state index is 12.6. The SMILES string of the molecule is Cc1ccc(C(C)NC(=O)c2ccc(S(=O)(=O)N3CCOCC3)cc2)cc1. The molecule has 3 rings (SSSR count). The molecule has 1 aliphatic rings. The van der Waals surface area contributed by atoms with Crippen molar-refractivity contribution in [2.75, 3.05) is 26.3 Å². The molecule has 1 unspecified atom stereocenters. The van der Waals surface area contributed by atoms with E-state index in [-0.39, 0.29) is 16.8 Å². The number of hydrogen-bond donors (Lipinski definition) is 1. The Morgan fingerprint density at radius 1 is 1.04 bits per heavy atom. The van der Waals surface area contributed by atoms with Crippen molar-refractivity contribution in [1.82, 2.24) is 9.62 Å². The number of hydrogen-bond acceptors (Lipinski definition) is 4. The van der Waals surface area contributed by atoms with Crippen LogP contribution < -0.4 is 5.32 Å². The lowest BCUT2D eigenvalue weighted by Crippen LogP contribution is -2.40. The maximum atomic E-state index is 12.6. The molecule has 1 amide bonds. The van der Waals surface area contributed by atoms with Crippen LogP contribution in [-0.2, 0) is 14.8 Å². The highest BCUT2D eigenvalue weighted by Crippen LogP contribution is 2.19. The minimum Gasteiger partial charge on any atom is -0.379 e. The smallest absolute Gasteiger partial charge is 0.251 e. The molecule has 27 heavy (non-hydrogen) atoms. The summed E-state index contributed by atoms with van der Waals surface area (Å²) in [6, 6.07) is 13.9. The molecule has 0 saturated carbocycles. The zero-order valence-corrected chi connectivity index (χ0v) is 16.3. The zero-order valence-electron chi connectivity index (χ0n) is 15.5. The van der Waals surface area contributed by atoms with Crippen LogP contribution in [0.15, 0.2) is 53.4 Å². The summed E-state index contributed by atoms with van der Waals surface area (Å²) in [7, 11) is -3.55. The summed E-state index contributed by atoms with van der Waals surface area (Å²) in [5.74, 6) is -0.238. The van der Waals surface area contributed by atoms with Crippen LogP contribution in [-0.4, -0.2) is 44.9 Å². The second-order valence-electron chi connectivity index (χ2n) is 6.65. The number of amides is 1. The number of rotatable bonds is 5. The van der Waals surface area contributed by atoms with E-state index in [1.807, 2.05) is 38.1 Å². The van der Waals surface area contributed by atoms with Gasteiger partial charge in [0.25, 0.3) is 5.91 Å². The number of carbonyl (C=O) groups is 1. The van der Waals surface area contributed by atoms with Gasteiger partial charge >= 0.3 is 0 Å². The maximum Gasteiger partial charge on any atom is 0.251 e. The fraction of sp³-hybridized carbons (Fsp3) is 0.350. The standard InChI is InChI=1S/C20H24N2O4S/c1-15-3-5-17(6-4-15)16(2)21-20(23)18-7-9-19(10-8-18)27(24,25)22-11-13-26-14-12-22/h3-10,16H,11-14H2,1-2H3,(H,21,23). The summed E-state index contributed by atoms with van der Waals surface area (Å²) >= 11 is 0. The van der Waals surface area contributed by atoms with Gasteiger partial charge < -0.3 is 10.1 Å². The van der Waals surface area contributed by atoms with Crippen molar-refractivity contribution in [3.8, 4) is 0 Å². The molecule has 0 bridgehead atoms. The minimum atomic E-state index is -3.55. The largest absolute Gasteiger partial charge is 0.379 e. The summed E-state index contributed by atoms with van der Waals surface area (Å²) in [5, 5.41) is 2.94. The molecule has 0 radical (unpaired) electrons. The molecule has 0 aliphatic carbocycles. The number of nitrogens with zero attached hydrogens (tertiary/aromatic N) is 1. The Labute approximate surface area is 160 Å². The minimum absolute atomic E-state index is 0.144. The molecule has 2 aromatic carbocycles. The van der Waals surface area contributed by atoms with E-state index in [2.05, 4.69) is 5.32 Å². The first kappa shape index (κ1) is 19.5. The third-order valence-corrected chi connectivity index (χ3v) is 6.56. The molecule has 7 heteroatoms. The molecule has 2 aromatic rings. The van der Waals surface area contributed by atoms with Crippen molar-refractivity contribution in [2.24, 2.45) is 0 Å². The van der Waals surface area contributed by atoms with Gasteiger partial charge in [-0.1, -0.05) is 29.8 Å². The normalized spacial score (nSPS) is 16.7. The van der Waals surface area contributed by atoms with Crippen molar-refractivity contribution >= 4 is 15.9 Å². The van der Waals surface area contributed by atoms with Crippen molar-refractivity contribution in [3.05, 3.63) is 65.2 Å². The van der Waals surface area contributed by atoms with Crippen molar-refractivity contribution < 1.29 is 17.9 Å². The number of carbonyl (C=O) groups excluding carboxylic acids is 1. The van der Waals surface area contributed by atoms with E-state index in [1.165, 1.54) is 16.4 Å². The van der Waals surface area contributed by atoms with E-state index >= 15 is 0 Å². The van der Waals surface area contributed by atoms with E-state index in [4.69, 9.17) is 4.74 Å². The van der Waals surface area contributed by atoms with E-state index in [1.54, 1.807) is 12.1 Å². The second kappa shape index (κ2) is 8.21. The van der Waals surface area contributed by atoms with Gasteiger partial charge in [0.1, 0.15) is 0 Å². The van der Waals surface area contributed by atoms with Crippen LogP contribution in [0.3, 0.4) is 0 Å². The highest BCUT2D eigenvalue weighted by atomic mass is 32.2. The molecule has 1 heterocycles. The molecular weight excluding hydrogens is 364 g/mol. The Morgan fingerprint density at radius 3 is 2.22 bits per heavy atom. The van der Waals surface area contributed by atoms with Crippen molar-refractivity contribution in [1.29, 1.82) is 0 Å². The summed E-state index contributed by atoms with van der Waals surface area (Å²) in [6.07, 6.45) is 0. The van der Waals surface area contributed by atoms with E-state index in [0.29, 0.717) is 31.9 Å².